The summed E-state index contributed by atoms with van der Waals surface area (Å²) in [7, 11) is 0. The molecule has 0 saturated carbocycles. The fraction of sp³-hybridized carbons (Fsp3) is 0.389. The van der Waals surface area contributed by atoms with Crippen molar-refractivity contribution in [1.29, 1.82) is 0 Å². The van der Waals surface area contributed by atoms with Gasteiger partial charge in [-0.25, -0.2) is 0 Å². The molecule has 0 aliphatic rings. The number of hydrogen-bond acceptors (Lipinski definition) is 2. The third kappa shape index (κ3) is 3.91. The van der Waals surface area contributed by atoms with Gasteiger partial charge >= 0.3 is 0 Å². The van der Waals surface area contributed by atoms with E-state index >= 15 is 0 Å². The largest absolute Gasteiger partial charge is 0.313 e. The second kappa shape index (κ2) is 7.81. The zero-order valence-electron chi connectivity index (χ0n) is 12.4. The zero-order chi connectivity index (χ0) is 14.2. The summed E-state index contributed by atoms with van der Waals surface area (Å²) in [5, 5.41) is 3.65. The molecule has 20 heavy (non-hydrogen) atoms. The van der Waals surface area contributed by atoms with Crippen LogP contribution in [-0.2, 0) is 6.42 Å². The number of aromatic nitrogens is 1. The van der Waals surface area contributed by atoms with E-state index in [1.165, 1.54) is 11.1 Å². The van der Waals surface area contributed by atoms with E-state index in [1.807, 2.05) is 18.5 Å². The zero-order valence-corrected chi connectivity index (χ0v) is 12.4. The standard InChI is InChI=1S/C18H24N2/c1-3-17(16-10-6-5-7-11-16)18(20-4-2)13-15-9-8-12-19-14-15/h5-12,14,17-18,20H,3-4,13H2,1-2H3. The maximum Gasteiger partial charge on any atom is 0.0300 e. The Morgan fingerprint density at radius 3 is 2.45 bits per heavy atom. The smallest absolute Gasteiger partial charge is 0.0300 e. The summed E-state index contributed by atoms with van der Waals surface area (Å²) < 4.78 is 0. The predicted molar refractivity (Wildman–Crippen MR) is 84.9 cm³/mol. The lowest BCUT2D eigenvalue weighted by atomic mass is 9.86. The van der Waals surface area contributed by atoms with Gasteiger partial charge in [0.05, 0.1) is 0 Å². The van der Waals surface area contributed by atoms with Gasteiger partial charge in [0.1, 0.15) is 0 Å². The third-order valence-electron chi connectivity index (χ3n) is 3.80. The lowest BCUT2D eigenvalue weighted by molar-refractivity contribution is 0.427. The number of rotatable bonds is 7. The van der Waals surface area contributed by atoms with Crippen molar-refractivity contribution in [2.45, 2.75) is 38.6 Å². The van der Waals surface area contributed by atoms with Crippen LogP contribution in [0.3, 0.4) is 0 Å². The molecule has 2 rings (SSSR count). The highest BCUT2D eigenvalue weighted by molar-refractivity contribution is 5.23. The molecule has 2 nitrogen and oxygen atoms in total. The molecule has 0 fully saturated rings. The van der Waals surface area contributed by atoms with Crippen LogP contribution in [0, 0.1) is 0 Å². The summed E-state index contributed by atoms with van der Waals surface area (Å²) >= 11 is 0. The van der Waals surface area contributed by atoms with Crippen molar-refractivity contribution in [2.24, 2.45) is 0 Å². The molecule has 0 aliphatic heterocycles. The first-order chi connectivity index (χ1) is 9.85. The quantitative estimate of drug-likeness (QED) is 0.826. The van der Waals surface area contributed by atoms with Gasteiger partial charge in [-0.1, -0.05) is 50.2 Å². The Labute approximate surface area is 122 Å². The van der Waals surface area contributed by atoms with Crippen molar-refractivity contribution >= 4 is 0 Å². The van der Waals surface area contributed by atoms with E-state index < -0.39 is 0 Å². The van der Waals surface area contributed by atoms with Crippen LogP contribution < -0.4 is 5.32 Å². The first-order valence-electron chi connectivity index (χ1n) is 7.52. The highest BCUT2D eigenvalue weighted by Crippen LogP contribution is 2.25. The minimum atomic E-state index is 0.455. The summed E-state index contributed by atoms with van der Waals surface area (Å²) in [4.78, 5) is 4.23. The molecular weight excluding hydrogens is 244 g/mol. The molecule has 0 spiro atoms. The van der Waals surface area contributed by atoms with Crippen LogP contribution >= 0.6 is 0 Å². The average molecular weight is 268 g/mol. The Morgan fingerprint density at radius 1 is 1.05 bits per heavy atom. The van der Waals surface area contributed by atoms with E-state index in [2.05, 4.69) is 60.5 Å². The fourth-order valence-electron chi connectivity index (χ4n) is 2.84. The first-order valence-corrected chi connectivity index (χ1v) is 7.52. The van der Waals surface area contributed by atoms with E-state index in [0.717, 1.165) is 19.4 Å². The molecule has 1 aromatic heterocycles. The summed E-state index contributed by atoms with van der Waals surface area (Å²) in [6, 6.07) is 15.5. The van der Waals surface area contributed by atoms with Crippen LogP contribution in [0.5, 0.6) is 0 Å². The van der Waals surface area contributed by atoms with Crippen LogP contribution in [0.4, 0.5) is 0 Å². The number of benzene rings is 1. The third-order valence-corrected chi connectivity index (χ3v) is 3.80. The van der Waals surface area contributed by atoms with Crippen molar-refractivity contribution in [3.63, 3.8) is 0 Å². The van der Waals surface area contributed by atoms with Crippen LogP contribution in [-0.4, -0.2) is 17.6 Å². The summed E-state index contributed by atoms with van der Waals surface area (Å²) in [5.41, 5.74) is 2.72. The average Bonchev–Trinajstić information content (AvgIpc) is 2.50. The van der Waals surface area contributed by atoms with Crippen molar-refractivity contribution in [3.8, 4) is 0 Å². The second-order valence-electron chi connectivity index (χ2n) is 5.15. The van der Waals surface area contributed by atoms with E-state index in [-0.39, 0.29) is 0 Å². The first kappa shape index (κ1) is 14.7. The van der Waals surface area contributed by atoms with Crippen LogP contribution in [0.1, 0.15) is 37.3 Å². The van der Waals surface area contributed by atoms with Gasteiger partial charge in [-0.2, -0.15) is 0 Å². The molecule has 2 aromatic rings. The summed E-state index contributed by atoms with van der Waals surface area (Å²) in [5.74, 6) is 0.538. The maximum atomic E-state index is 4.23. The van der Waals surface area contributed by atoms with Gasteiger partial charge in [0.2, 0.25) is 0 Å². The van der Waals surface area contributed by atoms with Gasteiger partial charge in [-0.3, -0.25) is 4.98 Å². The molecular formula is C18H24N2. The highest BCUT2D eigenvalue weighted by Gasteiger charge is 2.21. The molecule has 2 heteroatoms. The lowest BCUT2D eigenvalue weighted by Gasteiger charge is -2.27. The minimum absolute atomic E-state index is 0.455. The van der Waals surface area contributed by atoms with Crippen LogP contribution in [0.15, 0.2) is 54.9 Å². The monoisotopic (exact) mass is 268 g/mol. The van der Waals surface area contributed by atoms with Gasteiger partial charge in [-0.15, -0.1) is 0 Å². The van der Waals surface area contributed by atoms with E-state index in [0.29, 0.717) is 12.0 Å². The molecule has 1 aromatic carbocycles. The van der Waals surface area contributed by atoms with E-state index in [1.54, 1.807) is 0 Å². The van der Waals surface area contributed by atoms with Gasteiger partial charge in [0, 0.05) is 18.4 Å². The van der Waals surface area contributed by atoms with Crippen LogP contribution in [0.2, 0.25) is 0 Å². The lowest BCUT2D eigenvalue weighted by Crippen LogP contribution is -2.36. The van der Waals surface area contributed by atoms with Crippen molar-refractivity contribution in [2.75, 3.05) is 6.54 Å². The molecule has 0 radical (unpaired) electrons. The minimum Gasteiger partial charge on any atom is -0.313 e. The Kier molecular flexibility index (Phi) is 5.75. The van der Waals surface area contributed by atoms with Gasteiger partial charge < -0.3 is 5.32 Å². The van der Waals surface area contributed by atoms with E-state index in [4.69, 9.17) is 0 Å². The molecule has 0 aliphatic carbocycles. The molecule has 106 valence electrons. The number of nitrogens with zero attached hydrogens (tertiary/aromatic N) is 1. The Hall–Kier alpha value is -1.67. The van der Waals surface area contributed by atoms with Crippen LogP contribution in [0.25, 0.3) is 0 Å². The molecule has 2 atom stereocenters. The normalized spacial score (nSPS) is 13.9. The van der Waals surface area contributed by atoms with Crippen molar-refractivity contribution < 1.29 is 0 Å². The molecule has 0 bridgehead atoms. The summed E-state index contributed by atoms with van der Waals surface area (Å²) in [6.45, 7) is 5.44. The van der Waals surface area contributed by atoms with Gasteiger partial charge in [-0.05, 0) is 42.5 Å². The predicted octanol–water partition coefficient (Wildman–Crippen LogP) is 3.80. The van der Waals surface area contributed by atoms with Crippen molar-refractivity contribution in [3.05, 3.63) is 66.0 Å². The molecule has 0 saturated heterocycles. The number of hydrogen-bond donors (Lipinski definition) is 1. The SMILES string of the molecule is CCNC(Cc1cccnc1)C(CC)c1ccccc1. The maximum absolute atomic E-state index is 4.23. The molecule has 1 N–H and O–H groups in total. The Morgan fingerprint density at radius 2 is 1.85 bits per heavy atom. The Bertz CT molecular complexity index is 481. The topological polar surface area (TPSA) is 24.9 Å². The Balaban J connectivity index is 2.17. The van der Waals surface area contributed by atoms with Gasteiger partial charge in [0.25, 0.3) is 0 Å². The van der Waals surface area contributed by atoms with Gasteiger partial charge in [0.15, 0.2) is 0 Å². The highest BCUT2D eigenvalue weighted by atomic mass is 14.9. The molecule has 2 unspecified atom stereocenters. The number of likely N-dealkylation sites (N-methyl/N-ethyl adjacent to an activating group) is 1. The number of nitrogens with one attached hydrogen (secondary N) is 1. The molecule has 1 heterocycles. The fourth-order valence-corrected chi connectivity index (χ4v) is 2.84. The molecule has 0 amide bonds. The van der Waals surface area contributed by atoms with E-state index in [9.17, 15) is 0 Å². The summed E-state index contributed by atoms with van der Waals surface area (Å²) in [6.07, 6.45) is 5.97. The second-order valence-corrected chi connectivity index (χ2v) is 5.15. The van der Waals surface area contributed by atoms with Crippen molar-refractivity contribution in [1.82, 2.24) is 10.3 Å². The number of pyridine rings is 1.